The summed E-state index contributed by atoms with van der Waals surface area (Å²) < 4.78 is 37.3. The molecule has 3 saturated heterocycles. The first-order valence-corrected chi connectivity index (χ1v) is 11.9. The highest BCUT2D eigenvalue weighted by atomic mass is 19.4. The quantitative estimate of drug-likeness (QED) is 0.624. The zero-order valence-electron chi connectivity index (χ0n) is 19.7. The van der Waals surface area contributed by atoms with Gasteiger partial charge in [0.05, 0.1) is 5.92 Å². The Morgan fingerprint density at radius 2 is 1.80 bits per heavy atom. The number of hydrogen-bond donors (Lipinski definition) is 2. The molecule has 0 aromatic heterocycles. The fourth-order valence-electron chi connectivity index (χ4n) is 5.11. The van der Waals surface area contributed by atoms with E-state index in [0.717, 1.165) is 32.5 Å². The molecule has 0 aliphatic carbocycles. The van der Waals surface area contributed by atoms with Gasteiger partial charge in [0.1, 0.15) is 5.75 Å². The van der Waals surface area contributed by atoms with Crippen LogP contribution in [-0.2, 0) is 14.4 Å². The SMILES string of the molecule is CCCCN1C[C@H]2C(=O)NC3(CCN(C(=O)COc4ccccc4)CC3)[C@H]2C1.O=C(O)C(F)(F)F. The van der Waals surface area contributed by atoms with Crippen LogP contribution in [-0.4, -0.2) is 83.7 Å². The monoisotopic (exact) mass is 499 g/mol. The van der Waals surface area contributed by atoms with E-state index in [1.54, 1.807) is 0 Å². The third-order valence-corrected chi connectivity index (χ3v) is 7.00. The molecule has 35 heavy (non-hydrogen) atoms. The average Bonchev–Trinajstić information content (AvgIpc) is 3.36. The number of unbranched alkanes of at least 4 members (excludes halogenated alkanes) is 1. The molecule has 1 spiro atoms. The highest BCUT2D eigenvalue weighted by molar-refractivity contribution is 5.84. The minimum atomic E-state index is -5.08. The molecule has 11 heteroatoms. The number of carbonyl (C=O) groups is 3. The van der Waals surface area contributed by atoms with E-state index < -0.39 is 12.1 Å². The van der Waals surface area contributed by atoms with Crippen molar-refractivity contribution in [1.29, 1.82) is 0 Å². The van der Waals surface area contributed by atoms with Gasteiger partial charge in [-0.05, 0) is 37.9 Å². The number of carbonyl (C=O) groups excluding carboxylic acids is 2. The van der Waals surface area contributed by atoms with Crippen LogP contribution in [0.5, 0.6) is 5.75 Å². The summed E-state index contributed by atoms with van der Waals surface area (Å²) in [4.78, 5) is 38.4. The molecule has 0 saturated carbocycles. The molecule has 1 aromatic rings. The number of carboxylic acids is 1. The van der Waals surface area contributed by atoms with Crippen LogP contribution in [0.15, 0.2) is 30.3 Å². The van der Waals surface area contributed by atoms with E-state index in [1.807, 2.05) is 35.2 Å². The Labute approximate surface area is 202 Å². The highest BCUT2D eigenvalue weighted by Gasteiger charge is 2.57. The summed E-state index contributed by atoms with van der Waals surface area (Å²) in [6.07, 6.45) is -1.01. The molecule has 3 heterocycles. The number of nitrogens with one attached hydrogen (secondary N) is 1. The average molecular weight is 500 g/mol. The molecule has 0 bridgehead atoms. The second kappa shape index (κ2) is 11.3. The van der Waals surface area contributed by atoms with Crippen LogP contribution in [0.3, 0.4) is 0 Å². The first-order chi connectivity index (χ1) is 16.6. The number of aliphatic carboxylic acids is 1. The number of benzene rings is 1. The third-order valence-electron chi connectivity index (χ3n) is 7.00. The molecule has 2 amide bonds. The smallest absolute Gasteiger partial charge is 0.484 e. The molecule has 0 unspecified atom stereocenters. The molecule has 194 valence electrons. The summed E-state index contributed by atoms with van der Waals surface area (Å²) in [7, 11) is 0. The summed E-state index contributed by atoms with van der Waals surface area (Å²) >= 11 is 0. The van der Waals surface area contributed by atoms with E-state index in [9.17, 15) is 22.8 Å². The number of nitrogens with zero attached hydrogens (tertiary/aromatic N) is 2. The predicted molar refractivity (Wildman–Crippen MR) is 121 cm³/mol. The van der Waals surface area contributed by atoms with Crippen molar-refractivity contribution in [3.8, 4) is 5.75 Å². The van der Waals surface area contributed by atoms with Crippen LogP contribution in [0.1, 0.15) is 32.6 Å². The Morgan fingerprint density at radius 1 is 1.17 bits per heavy atom. The standard InChI is InChI=1S/C22H31N3O3.C2HF3O2/c1-2-3-11-24-14-18-19(15-24)22(23-21(18)27)9-12-25(13-10-22)20(26)16-28-17-7-5-4-6-8-17;3-2(4,5)1(6)7/h4-8,18-19H,2-3,9-16H2,1H3,(H,23,27);(H,6,7)/t18-,19+;/m1./s1. The first kappa shape index (κ1) is 26.8. The van der Waals surface area contributed by atoms with Gasteiger partial charge in [-0.1, -0.05) is 31.5 Å². The van der Waals surface area contributed by atoms with Crippen LogP contribution in [0.4, 0.5) is 13.2 Å². The van der Waals surface area contributed by atoms with Crippen LogP contribution in [0.25, 0.3) is 0 Å². The largest absolute Gasteiger partial charge is 0.490 e. The number of ether oxygens (including phenoxy) is 1. The topological polar surface area (TPSA) is 99.2 Å². The van der Waals surface area contributed by atoms with Crippen molar-refractivity contribution in [1.82, 2.24) is 15.1 Å². The highest BCUT2D eigenvalue weighted by Crippen LogP contribution is 2.44. The second-order valence-corrected chi connectivity index (χ2v) is 9.26. The van der Waals surface area contributed by atoms with Gasteiger partial charge < -0.3 is 25.0 Å². The van der Waals surface area contributed by atoms with Gasteiger partial charge in [0.15, 0.2) is 6.61 Å². The Kier molecular flexibility index (Phi) is 8.63. The Hall–Kier alpha value is -2.82. The maximum absolute atomic E-state index is 12.6. The van der Waals surface area contributed by atoms with Crippen molar-refractivity contribution in [3.63, 3.8) is 0 Å². The molecule has 0 radical (unpaired) electrons. The maximum atomic E-state index is 12.6. The molecule has 4 rings (SSSR count). The summed E-state index contributed by atoms with van der Waals surface area (Å²) in [6.45, 7) is 6.65. The molecule has 2 N–H and O–H groups in total. The van der Waals surface area contributed by atoms with Crippen LogP contribution in [0.2, 0.25) is 0 Å². The molecule has 1 aromatic carbocycles. The molecule has 2 atom stereocenters. The van der Waals surface area contributed by atoms with Gasteiger partial charge in [0, 0.05) is 37.6 Å². The van der Waals surface area contributed by atoms with Gasteiger partial charge in [0.25, 0.3) is 5.91 Å². The number of amides is 2. The van der Waals surface area contributed by atoms with E-state index in [2.05, 4.69) is 17.1 Å². The molecule has 8 nitrogen and oxygen atoms in total. The minimum Gasteiger partial charge on any atom is -0.484 e. The van der Waals surface area contributed by atoms with E-state index >= 15 is 0 Å². The molecular weight excluding hydrogens is 467 g/mol. The van der Waals surface area contributed by atoms with E-state index in [1.165, 1.54) is 12.8 Å². The van der Waals surface area contributed by atoms with Crippen molar-refractivity contribution < 1.29 is 37.4 Å². The Bertz CT molecular complexity index is 888. The number of likely N-dealkylation sites (tertiary alicyclic amines) is 2. The van der Waals surface area contributed by atoms with E-state index in [0.29, 0.717) is 24.8 Å². The van der Waals surface area contributed by atoms with Gasteiger partial charge in [-0.25, -0.2) is 4.79 Å². The maximum Gasteiger partial charge on any atom is 0.490 e. The molecule has 3 fully saturated rings. The van der Waals surface area contributed by atoms with Gasteiger partial charge in [-0.3, -0.25) is 9.59 Å². The van der Waals surface area contributed by atoms with Gasteiger partial charge >= 0.3 is 12.1 Å². The number of hydrogen-bond acceptors (Lipinski definition) is 5. The minimum absolute atomic E-state index is 0.0237. The summed E-state index contributed by atoms with van der Waals surface area (Å²) in [5.74, 6) is -1.29. The summed E-state index contributed by atoms with van der Waals surface area (Å²) in [6, 6.07) is 9.44. The Morgan fingerprint density at radius 3 is 2.37 bits per heavy atom. The van der Waals surface area contributed by atoms with Crippen molar-refractivity contribution in [2.45, 2.75) is 44.3 Å². The van der Waals surface area contributed by atoms with Crippen LogP contribution in [0, 0.1) is 11.8 Å². The summed E-state index contributed by atoms with van der Waals surface area (Å²) in [5, 5.41) is 10.5. The number of piperidine rings is 1. The third kappa shape index (κ3) is 6.65. The molecular formula is C24H32F3N3O5. The van der Waals surface area contributed by atoms with Gasteiger partial charge in [-0.2, -0.15) is 13.2 Å². The summed E-state index contributed by atoms with van der Waals surface area (Å²) in [5.41, 5.74) is -0.125. The fraction of sp³-hybridized carbons (Fsp3) is 0.625. The normalized spacial score (nSPS) is 23.3. The number of para-hydroxylation sites is 1. The fourth-order valence-corrected chi connectivity index (χ4v) is 5.11. The Balaban J connectivity index is 0.000000429. The number of halogens is 3. The lowest BCUT2D eigenvalue weighted by molar-refractivity contribution is -0.192. The van der Waals surface area contributed by atoms with Crippen LogP contribution < -0.4 is 10.1 Å². The zero-order valence-corrected chi connectivity index (χ0v) is 19.7. The lowest BCUT2D eigenvalue weighted by Crippen LogP contribution is -2.56. The lowest BCUT2D eigenvalue weighted by atomic mass is 9.75. The van der Waals surface area contributed by atoms with E-state index in [-0.39, 0.29) is 29.9 Å². The van der Waals surface area contributed by atoms with Gasteiger partial charge in [0.2, 0.25) is 5.91 Å². The number of rotatable bonds is 6. The van der Waals surface area contributed by atoms with Crippen molar-refractivity contribution in [2.24, 2.45) is 11.8 Å². The zero-order chi connectivity index (χ0) is 25.6. The first-order valence-electron chi connectivity index (χ1n) is 11.9. The second-order valence-electron chi connectivity index (χ2n) is 9.26. The molecule has 3 aliphatic rings. The lowest BCUT2D eigenvalue weighted by Gasteiger charge is -2.42. The van der Waals surface area contributed by atoms with Gasteiger partial charge in [-0.15, -0.1) is 0 Å². The van der Waals surface area contributed by atoms with E-state index in [4.69, 9.17) is 14.6 Å². The number of fused-ring (bicyclic) bond motifs is 2. The number of carboxylic acid groups (broad SMARTS) is 1. The molecule has 3 aliphatic heterocycles. The van der Waals surface area contributed by atoms with Crippen molar-refractivity contribution in [3.05, 3.63) is 30.3 Å². The van der Waals surface area contributed by atoms with Crippen LogP contribution >= 0.6 is 0 Å². The predicted octanol–water partition coefficient (Wildman–Crippen LogP) is 2.54. The number of alkyl halides is 3. The van der Waals surface area contributed by atoms with Crippen molar-refractivity contribution >= 4 is 17.8 Å². The van der Waals surface area contributed by atoms with Crippen molar-refractivity contribution in [2.75, 3.05) is 39.3 Å².